The minimum Gasteiger partial charge on any atom is -0.477 e. The highest BCUT2D eigenvalue weighted by Gasteiger charge is 2.21. The number of carbonyl (C=O) groups is 1. The summed E-state index contributed by atoms with van der Waals surface area (Å²) in [5.74, 6) is 0.349. The maximum Gasteiger partial charge on any atom is 0.354 e. The molecule has 1 aliphatic rings. The average molecular weight is 247 g/mol. The third-order valence-corrected chi connectivity index (χ3v) is 3.90. The fourth-order valence-corrected chi connectivity index (χ4v) is 2.87. The molecule has 0 aliphatic heterocycles. The highest BCUT2D eigenvalue weighted by Crippen LogP contribution is 2.32. The Labute approximate surface area is 105 Å². The molecule has 0 aromatic carbocycles. The zero-order chi connectivity index (χ0) is 12.7. The van der Waals surface area contributed by atoms with Crippen LogP contribution >= 0.6 is 0 Å². The predicted molar refractivity (Wildman–Crippen MR) is 66.9 cm³/mol. The zero-order valence-electron chi connectivity index (χ0n) is 10.5. The van der Waals surface area contributed by atoms with Crippen LogP contribution in [0.25, 0.3) is 5.78 Å². The van der Waals surface area contributed by atoms with E-state index in [2.05, 4.69) is 4.98 Å². The fourth-order valence-electron chi connectivity index (χ4n) is 2.87. The standard InChI is InChI=1S/C13H17N3O2/c1-15-11(12(17)18)8-16-7-10(14-13(15)16)9-5-3-2-4-6-9/h7-9H,2-6H2,1H3,(H,17,18). The molecule has 5 heteroatoms. The molecule has 0 saturated heterocycles. The second-order valence-corrected chi connectivity index (χ2v) is 5.09. The maximum absolute atomic E-state index is 11.0. The van der Waals surface area contributed by atoms with Crippen molar-refractivity contribution in [1.29, 1.82) is 0 Å². The Morgan fingerprint density at radius 1 is 1.33 bits per heavy atom. The van der Waals surface area contributed by atoms with Crippen LogP contribution in [0.4, 0.5) is 0 Å². The molecule has 0 unspecified atom stereocenters. The van der Waals surface area contributed by atoms with Crippen LogP contribution in [0.5, 0.6) is 0 Å². The van der Waals surface area contributed by atoms with Gasteiger partial charge < -0.3 is 9.67 Å². The summed E-state index contributed by atoms with van der Waals surface area (Å²) in [4.78, 5) is 15.6. The minimum atomic E-state index is -0.915. The Morgan fingerprint density at radius 3 is 2.67 bits per heavy atom. The summed E-state index contributed by atoms with van der Waals surface area (Å²) in [6.45, 7) is 0. The van der Waals surface area contributed by atoms with Gasteiger partial charge in [-0.1, -0.05) is 19.3 Å². The SMILES string of the molecule is Cn1c(C(=O)O)cn2cc(C3CCCCC3)nc12. The number of imidazole rings is 2. The van der Waals surface area contributed by atoms with Crippen molar-refractivity contribution in [2.75, 3.05) is 0 Å². The molecule has 0 bridgehead atoms. The molecule has 2 aromatic rings. The van der Waals surface area contributed by atoms with E-state index >= 15 is 0 Å². The molecular formula is C13H17N3O2. The summed E-state index contributed by atoms with van der Waals surface area (Å²) in [7, 11) is 1.75. The zero-order valence-corrected chi connectivity index (χ0v) is 10.5. The van der Waals surface area contributed by atoms with Gasteiger partial charge in [0.15, 0.2) is 0 Å². The Hall–Kier alpha value is -1.78. The van der Waals surface area contributed by atoms with Crippen LogP contribution in [-0.4, -0.2) is 25.0 Å². The van der Waals surface area contributed by atoms with Crippen LogP contribution < -0.4 is 0 Å². The van der Waals surface area contributed by atoms with Crippen LogP contribution in [0.3, 0.4) is 0 Å². The number of rotatable bonds is 2. The van der Waals surface area contributed by atoms with Gasteiger partial charge in [-0.2, -0.15) is 0 Å². The third-order valence-electron chi connectivity index (χ3n) is 3.90. The van der Waals surface area contributed by atoms with E-state index in [9.17, 15) is 4.79 Å². The molecule has 0 atom stereocenters. The lowest BCUT2D eigenvalue weighted by Gasteiger charge is -2.19. The summed E-state index contributed by atoms with van der Waals surface area (Å²) < 4.78 is 3.46. The van der Waals surface area contributed by atoms with E-state index in [4.69, 9.17) is 5.11 Å². The third kappa shape index (κ3) is 1.70. The van der Waals surface area contributed by atoms with Gasteiger partial charge in [-0.05, 0) is 12.8 Å². The Kier molecular flexibility index (Phi) is 2.61. The second kappa shape index (κ2) is 4.15. The number of carboxylic acid groups (broad SMARTS) is 1. The summed E-state index contributed by atoms with van der Waals surface area (Å²) in [5, 5.41) is 9.04. The molecule has 96 valence electrons. The Balaban J connectivity index is 1.99. The smallest absolute Gasteiger partial charge is 0.354 e. The van der Waals surface area contributed by atoms with E-state index in [0.717, 1.165) is 5.69 Å². The molecule has 1 N–H and O–H groups in total. The van der Waals surface area contributed by atoms with E-state index in [1.165, 1.54) is 32.1 Å². The Bertz CT molecular complexity index is 591. The molecule has 2 heterocycles. The second-order valence-electron chi connectivity index (χ2n) is 5.09. The molecular weight excluding hydrogens is 230 g/mol. The van der Waals surface area contributed by atoms with Gasteiger partial charge in [-0.25, -0.2) is 9.78 Å². The predicted octanol–water partition coefficient (Wildman–Crippen LogP) is 2.42. The van der Waals surface area contributed by atoms with Crippen molar-refractivity contribution in [2.24, 2.45) is 7.05 Å². The van der Waals surface area contributed by atoms with Crippen molar-refractivity contribution < 1.29 is 9.90 Å². The lowest BCUT2D eigenvalue weighted by molar-refractivity contribution is 0.0686. The molecule has 18 heavy (non-hydrogen) atoms. The van der Waals surface area contributed by atoms with Gasteiger partial charge in [0.1, 0.15) is 5.69 Å². The number of carboxylic acids is 1. The summed E-state index contributed by atoms with van der Waals surface area (Å²) in [5.41, 5.74) is 1.38. The number of hydrogen-bond donors (Lipinski definition) is 1. The van der Waals surface area contributed by atoms with E-state index < -0.39 is 5.97 Å². The molecule has 5 nitrogen and oxygen atoms in total. The van der Waals surface area contributed by atoms with Crippen molar-refractivity contribution in [3.05, 3.63) is 23.8 Å². The number of aryl methyl sites for hydroxylation is 1. The molecule has 0 radical (unpaired) electrons. The van der Waals surface area contributed by atoms with Gasteiger partial charge in [0, 0.05) is 25.4 Å². The number of hydrogen-bond acceptors (Lipinski definition) is 2. The fraction of sp³-hybridized carbons (Fsp3) is 0.538. The van der Waals surface area contributed by atoms with E-state index in [0.29, 0.717) is 11.7 Å². The molecule has 3 rings (SSSR count). The van der Waals surface area contributed by atoms with Gasteiger partial charge in [0.25, 0.3) is 0 Å². The maximum atomic E-state index is 11.0. The van der Waals surface area contributed by atoms with Crippen LogP contribution in [-0.2, 0) is 7.05 Å². The van der Waals surface area contributed by atoms with E-state index in [-0.39, 0.29) is 5.69 Å². The molecule has 0 amide bonds. The number of fused-ring (bicyclic) bond motifs is 1. The van der Waals surface area contributed by atoms with Gasteiger partial charge in [-0.3, -0.25) is 4.40 Å². The summed E-state index contributed by atoms with van der Waals surface area (Å²) in [6.07, 6.45) is 9.91. The van der Waals surface area contributed by atoms with Gasteiger partial charge in [-0.15, -0.1) is 0 Å². The lowest BCUT2D eigenvalue weighted by atomic mass is 9.87. The van der Waals surface area contributed by atoms with Crippen molar-refractivity contribution >= 4 is 11.7 Å². The number of aromatic nitrogens is 3. The summed E-state index contributed by atoms with van der Waals surface area (Å²) >= 11 is 0. The summed E-state index contributed by atoms with van der Waals surface area (Å²) in [6, 6.07) is 0. The first-order valence-electron chi connectivity index (χ1n) is 6.44. The first-order chi connectivity index (χ1) is 8.66. The van der Waals surface area contributed by atoms with Crippen molar-refractivity contribution in [3.8, 4) is 0 Å². The van der Waals surface area contributed by atoms with Crippen molar-refractivity contribution in [2.45, 2.75) is 38.0 Å². The molecule has 1 aliphatic carbocycles. The van der Waals surface area contributed by atoms with E-state index in [1.807, 2.05) is 10.6 Å². The molecule has 2 aromatic heterocycles. The largest absolute Gasteiger partial charge is 0.477 e. The quantitative estimate of drug-likeness (QED) is 0.886. The number of aromatic carboxylic acids is 1. The first-order valence-corrected chi connectivity index (χ1v) is 6.44. The van der Waals surface area contributed by atoms with Gasteiger partial charge >= 0.3 is 5.97 Å². The van der Waals surface area contributed by atoms with Crippen molar-refractivity contribution in [3.63, 3.8) is 0 Å². The van der Waals surface area contributed by atoms with Crippen LogP contribution in [0.15, 0.2) is 12.4 Å². The topological polar surface area (TPSA) is 59.5 Å². The molecule has 1 fully saturated rings. The highest BCUT2D eigenvalue weighted by molar-refractivity contribution is 5.86. The molecule has 0 spiro atoms. The highest BCUT2D eigenvalue weighted by atomic mass is 16.4. The first kappa shape index (κ1) is 11.3. The lowest BCUT2D eigenvalue weighted by Crippen LogP contribution is -2.06. The average Bonchev–Trinajstić information content (AvgIpc) is 2.91. The van der Waals surface area contributed by atoms with E-state index in [1.54, 1.807) is 17.8 Å². The normalized spacial score (nSPS) is 17.4. The van der Waals surface area contributed by atoms with Crippen molar-refractivity contribution in [1.82, 2.24) is 14.0 Å². The minimum absolute atomic E-state index is 0.271. The van der Waals surface area contributed by atoms with Gasteiger partial charge in [0.2, 0.25) is 5.78 Å². The number of nitrogens with zero attached hydrogens (tertiary/aromatic N) is 3. The van der Waals surface area contributed by atoms with Crippen LogP contribution in [0.1, 0.15) is 54.2 Å². The Morgan fingerprint density at radius 2 is 2.06 bits per heavy atom. The monoisotopic (exact) mass is 247 g/mol. The van der Waals surface area contributed by atoms with Gasteiger partial charge in [0.05, 0.1) is 5.69 Å². The van der Waals surface area contributed by atoms with Crippen LogP contribution in [0.2, 0.25) is 0 Å². The molecule has 1 saturated carbocycles. The van der Waals surface area contributed by atoms with Crippen LogP contribution in [0, 0.1) is 0 Å².